The van der Waals surface area contributed by atoms with Crippen molar-refractivity contribution < 1.29 is 24.5 Å². The topological polar surface area (TPSA) is 95.9 Å². The van der Waals surface area contributed by atoms with Crippen LogP contribution >= 0.6 is 0 Å². The molecule has 2 unspecified atom stereocenters. The summed E-state index contributed by atoms with van der Waals surface area (Å²) < 4.78 is 5.49. The van der Waals surface area contributed by atoms with Crippen molar-refractivity contribution in [3.63, 3.8) is 0 Å². The van der Waals surface area contributed by atoms with Crippen molar-refractivity contribution >= 4 is 11.9 Å². The molecule has 0 aromatic carbocycles. The molecule has 3 N–H and O–H groups in total. The minimum Gasteiger partial charge on any atom is -0.466 e. The highest BCUT2D eigenvalue weighted by Crippen LogP contribution is 2.19. The number of carbonyl (C=O) groups is 2. The number of ether oxygens (including phenoxy) is 1. The Morgan fingerprint density at radius 1 is 0.337 bits per heavy atom. The molecule has 0 radical (unpaired) electrons. The number of aliphatic hydroxyl groups excluding tert-OH is 2. The van der Waals surface area contributed by atoms with Crippen LogP contribution in [0.15, 0.2) is 36.5 Å². The van der Waals surface area contributed by atoms with Crippen LogP contribution in [0.5, 0.6) is 0 Å². The van der Waals surface area contributed by atoms with E-state index >= 15 is 0 Å². The number of esters is 1. The highest BCUT2D eigenvalue weighted by Gasteiger charge is 2.18. The van der Waals surface area contributed by atoms with Crippen molar-refractivity contribution in [3.05, 3.63) is 36.5 Å². The number of amides is 1. The number of nitrogens with one attached hydrogen (secondary N) is 1. The van der Waals surface area contributed by atoms with Crippen LogP contribution in [0.3, 0.4) is 0 Å². The lowest BCUT2D eigenvalue weighted by molar-refractivity contribution is -0.143. The molecule has 6 heteroatoms. The average Bonchev–Trinajstić information content (AvgIpc) is 3.49. The van der Waals surface area contributed by atoms with Crippen LogP contribution in [0.25, 0.3) is 0 Å². The average molecular weight is 1170 g/mol. The maximum Gasteiger partial charge on any atom is 0.305 e. The Kier molecular flexibility index (Phi) is 70.9. The summed E-state index contributed by atoms with van der Waals surface area (Å²) in [6, 6.07) is -0.628. The summed E-state index contributed by atoms with van der Waals surface area (Å²) in [5.74, 6) is -0.0572. The van der Waals surface area contributed by atoms with E-state index in [2.05, 4.69) is 43.5 Å². The van der Waals surface area contributed by atoms with E-state index in [4.69, 9.17) is 4.74 Å². The normalized spacial score (nSPS) is 12.7. The standard InChI is InChI=1S/C77H147NO5/c1-3-5-7-9-11-13-15-17-19-21-22-23-24-29-32-35-38-41-45-49-53-57-61-65-69-75(80)74(73-79)78-76(81)70-66-62-58-54-50-46-42-39-36-33-30-27-25-26-28-31-34-37-40-44-48-52-56-60-64-68-72-83-77(82)71-67-63-59-55-51-47-43-20-18-16-14-12-10-8-6-4-2/h14,16,20,43,65,69,74-75,79-80H,3-13,15,17-19,21-42,44-64,66-68,70-73H2,1-2H3,(H,78,81)/b16-14-,43-20-,69-65+. The van der Waals surface area contributed by atoms with E-state index in [1.54, 1.807) is 6.08 Å². The highest BCUT2D eigenvalue weighted by atomic mass is 16.5. The van der Waals surface area contributed by atoms with E-state index in [9.17, 15) is 19.8 Å². The number of unbranched alkanes of at least 4 members (excludes halogenated alkanes) is 56. The summed E-state index contributed by atoms with van der Waals surface area (Å²) in [4.78, 5) is 24.6. The van der Waals surface area contributed by atoms with Crippen LogP contribution < -0.4 is 5.32 Å². The first-order valence-electron chi connectivity index (χ1n) is 37.8. The molecule has 0 saturated carbocycles. The number of aliphatic hydroxyl groups is 2. The maximum absolute atomic E-state index is 12.5. The Morgan fingerprint density at radius 3 is 0.928 bits per heavy atom. The fourth-order valence-electron chi connectivity index (χ4n) is 11.9. The second-order valence-corrected chi connectivity index (χ2v) is 26.0. The van der Waals surface area contributed by atoms with E-state index in [1.807, 2.05) is 6.08 Å². The first kappa shape index (κ1) is 81.1. The second-order valence-electron chi connectivity index (χ2n) is 26.0. The third kappa shape index (κ3) is 69.1. The monoisotopic (exact) mass is 1170 g/mol. The van der Waals surface area contributed by atoms with Gasteiger partial charge in [0.15, 0.2) is 0 Å². The molecule has 0 aliphatic heterocycles. The van der Waals surface area contributed by atoms with E-state index < -0.39 is 12.1 Å². The zero-order chi connectivity index (χ0) is 59.9. The molecule has 83 heavy (non-hydrogen) atoms. The number of allylic oxidation sites excluding steroid dienone is 5. The minimum absolute atomic E-state index is 0.00410. The van der Waals surface area contributed by atoms with Gasteiger partial charge in [0.2, 0.25) is 5.91 Å². The predicted octanol–water partition coefficient (Wildman–Crippen LogP) is 24.7. The molecule has 490 valence electrons. The van der Waals surface area contributed by atoms with Gasteiger partial charge in [0.25, 0.3) is 0 Å². The maximum atomic E-state index is 12.5. The minimum atomic E-state index is -0.845. The van der Waals surface area contributed by atoms with Crippen LogP contribution in [0, 0.1) is 0 Å². The van der Waals surface area contributed by atoms with Crippen molar-refractivity contribution in [3.8, 4) is 0 Å². The number of rotatable bonds is 71. The van der Waals surface area contributed by atoms with Gasteiger partial charge in [-0.3, -0.25) is 9.59 Å². The lowest BCUT2D eigenvalue weighted by atomic mass is 10.0. The van der Waals surface area contributed by atoms with E-state index in [-0.39, 0.29) is 18.5 Å². The first-order valence-corrected chi connectivity index (χ1v) is 37.8. The summed E-state index contributed by atoms with van der Waals surface area (Å²) in [6.07, 6.45) is 93.8. The van der Waals surface area contributed by atoms with E-state index in [0.29, 0.717) is 19.4 Å². The van der Waals surface area contributed by atoms with Gasteiger partial charge in [-0.15, -0.1) is 0 Å². The molecule has 0 aromatic rings. The van der Waals surface area contributed by atoms with Gasteiger partial charge in [0.1, 0.15) is 0 Å². The molecule has 0 saturated heterocycles. The number of carbonyl (C=O) groups excluding carboxylic acids is 2. The molecule has 0 bridgehead atoms. The van der Waals surface area contributed by atoms with Crippen LogP contribution in [-0.2, 0) is 14.3 Å². The van der Waals surface area contributed by atoms with E-state index in [1.165, 1.54) is 340 Å². The molecule has 0 heterocycles. The van der Waals surface area contributed by atoms with Gasteiger partial charge >= 0.3 is 5.97 Å². The van der Waals surface area contributed by atoms with Gasteiger partial charge in [0, 0.05) is 12.8 Å². The first-order chi connectivity index (χ1) is 41.0. The molecule has 0 aromatic heterocycles. The Morgan fingerprint density at radius 2 is 0.602 bits per heavy atom. The molecule has 0 fully saturated rings. The van der Waals surface area contributed by atoms with Crippen LogP contribution in [0.1, 0.15) is 418 Å². The van der Waals surface area contributed by atoms with Gasteiger partial charge < -0.3 is 20.3 Å². The van der Waals surface area contributed by atoms with Crippen LogP contribution in [0.4, 0.5) is 0 Å². The number of hydrogen-bond donors (Lipinski definition) is 3. The Hall–Kier alpha value is -1.92. The lowest BCUT2D eigenvalue weighted by Crippen LogP contribution is -2.45. The molecule has 0 spiro atoms. The predicted molar refractivity (Wildman–Crippen MR) is 366 cm³/mol. The van der Waals surface area contributed by atoms with Gasteiger partial charge in [-0.25, -0.2) is 0 Å². The van der Waals surface area contributed by atoms with Crippen molar-refractivity contribution in [2.75, 3.05) is 13.2 Å². The number of hydrogen-bond acceptors (Lipinski definition) is 5. The Balaban J connectivity index is 3.39. The summed E-state index contributed by atoms with van der Waals surface area (Å²) in [5, 5.41) is 23.3. The van der Waals surface area contributed by atoms with Gasteiger partial charge in [-0.1, -0.05) is 378 Å². The highest BCUT2D eigenvalue weighted by molar-refractivity contribution is 5.76. The zero-order valence-electron chi connectivity index (χ0n) is 56.2. The summed E-state index contributed by atoms with van der Waals surface area (Å²) in [5.41, 5.74) is 0. The second kappa shape index (κ2) is 72.6. The van der Waals surface area contributed by atoms with Crippen LogP contribution in [-0.4, -0.2) is 47.4 Å². The smallest absolute Gasteiger partial charge is 0.305 e. The van der Waals surface area contributed by atoms with Crippen molar-refractivity contribution in [2.24, 2.45) is 0 Å². The molecule has 2 atom stereocenters. The summed E-state index contributed by atoms with van der Waals surface area (Å²) >= 11 is 0. The molecular formula is C77H147NO5. The fraction of sp³-hybridized carbons (Fsp3) is 0.896. The lowest BCUT2D eigenvalue weighted by Gasteiger charge is -2.20. The quantitative estimate of drug-likeness (QED) is 0.0320. The van der Waals surface area contributed by atoms with Gasteiger partial charge in [-0.2, -0.15) is 0 Å². The summed E-state index contributed by atoms with van der Waals surface area (Å²) in [6.45, 7) is 4.92. The molecular weight excluding hydrogens is 1020 g/mol. The molecule has 0 aliphatic rings. The van der Waals surface area contributed by atoms with Crippen molar-refractivity contribution in [1.29, 1.82) is 0 Å². The summed E-state index contributed by atoms with van der Waals surface area (Å²) in [7, 11) is 0. The van der Waals surface area contributed by atoms with Gasteiger partial charge in [0.05, 0.1) is 25.4 Å². The third-order valence-corrected chi connectivity index (χ3v) is 17.7. The Labute approximate surface area is 519 Å². The van der Waals surface area contributed by atoms with Crippen molar-refractivity contribution in [1.82, 2.24) is 5.32 Å². The third-order valence-electron chi connectivity index (χ3n) is 17.7. The Bertz CT molecular complexity index is 1340. The SMILES string of the molecule is CCCCCC/C=C\C/C=C\CCCCCCCC(=O)OCCCCCCCCCCCCCCCCCCCCCCCCCCCCC(=O)NC(CO)C(O)/C=C/CCCCCCCCCCCCCCCCCCCCCCCC. The fourth-order valence-corrected chi connectivity index (χ4v) is 11.9. The van der Waals surface area contributed by atoms with Crippen molar-refractivity contribution in [2.45, 2.75) is 431 Å². The van der Waals surface area contributed by atoms with Crippen LogP contribution in [0.2, 0.25) is 0 Å². The molecule has 1 amide bonds. The zero-order valence-corrected chi connectivity index (χ0v) is 56.2. The van der Waals surface area contributed by atoms with Gasteiger partial charge in [-0.05, 0) is 64.2 Å². The molecule has 0 rings (SSSR count). The van der Waals surface area contributed by atoms with E-state index in [0.717, 1.165) is 51.4 Å². The largest absolute Gasteiger partial charge is 0.466 e. The molecule has 6 nitrogen and oxygen atoms in total. The molecule has 0 aliphatic carbocycles.